The van der Waals surface area contributed by atoms with Crippen LogP contribution in [0.25, 0.3) is 11.2 Å². The lowest BCUT2D eigenvalue weighted by atomic mass is 10.1. The molecule has 3 aromatic rings. The highest BCUT2D eigenvalue weighted by atomic mass is 16.6. The molecule has 1 aliphatic rings. The van der Waals surface area contributed by atoms with Crippen molar-refractivity contribution in [2.24, 2.45) is 0 Å². The number of anilines is 1. The van der Waals surface area contributed by atoms with E-state index in [1.54, 1.807) is 4.57 Å². The molecule has 0 amide bonds. The fraction of sp³-hybridized carbons (Fsp3) is 0.421. The topological polar surface area (TPSA) is 129 Å². The van der Waals surface area contributed by atoms with Crippen molar-refractivity contribution >= 4 is 17.0 Å². The highest BCUT2D eigenvalue weighted by molar-refractivity contribution is 5.81. The zero-order valence-electron chi connectivity index (χ0n) is 15.4. The van der Waals surface area contributed by atoms with Crippen molar-refractivity contribution in [3.63, 3.8) is 0 Å². The largest absolute Gasteiger partial charge is 0.387 e. The average Bonchev–Trinajstić information content (AvgIpc) is 3.24. The lowest BCUT2D eigenvalue weighted by molar-refractivity contribution is -0.0779. The minimum Gasteiger partial charge on any atom is -0.387 e. The smallest absolute Gasteiger partial charge is 0.167 e. The molecule has 0 saturated carbocycles. The summed E-state index contributed by atoms with van der Waals surface area (Å²) < 4.78 is 13.3. The van der Waals surface area contributed by atoms with E-state index in [1.165, 1.54) is 18.2 Å². The zero-order valence-corrected chi connectivity index (χ0v) is 15.4. The Kier molecular flexibility index (Phi) is 5.23. The third-order valence-corrected chi connectivity index (χ3v) is 4.91. The van der Waals surface area contributed by atoms with Crippen molar-refractivity contribution in [3.05, 3.63) is 48.5 Å². The summed E-state index contributed by atoms with van der Waals surface area (Å²) in [4.78, 5) is 12.2. The van der Waals surface area contributed by atoms with Gasteiger partial charge in [0.2, 0.25) is 0 Å². The van der Waals surface area contributed by atoms with Gasteiger partial charge in [-0.15, -0.1) is 0 Å². The number of nitrogens with two attached hydrogens (primary N) is 1. The number of aliphatic hydroxyl groups is 2. The molecule has 1 aromatic carbocycles. The third kappa shape index (κ3) is 3.57. The fourth-order valence-electron chi connectivity index (χ4n) is 3.42. The molecule has 2 aromatic heterocycles. The first-order valence-electron chi connectivity index (χ1n) is 9.14. The first kappa shape index (κ1) is 18.8. The Morgan fingerprint density at radius 3 is 2.75 bits per heavy atom. The molecule has 1 saturated heterocycles. The number of nitrogens with zero attached hydrogens (tertiary/aromatic N) is 4. The molecular weight excluding hydrogens is 362 g/mol. The molecule has 0 aliphatic carbocycles. The van der Waals surface area contributed by atoms with Gasteiger partial charge < -0.3 is 25.4 Å². The Hall–Kier alpha value is -2.59. The Labute approximate surface area is 161 Å². The number of benzene rings is 1. The molecule has 9 heteroatoms. The van der Waals surface area contributed by atoms with Gasteiger partial charge in [0, 0.05) is 0 Å². The van der Waals surface area contributed by atoms with Gasteiger partial charge in [-0.25, -0.2) is 15.0 Å². The molecule has 0 bridgehead atoms. The summed E-state index contributed by atoms with van der Waals surface area (Å²) in [6, 6.07) is 10.0. The molecule has 4 N–H and O–H groups in total. The van der Waals surface area contributed by atoms with E-state index in [0.717, 1.165) is 6.42 Å². The van der Waals surface area contributed by atoms with Crippen LogP contribution in [0.1, 0.15) is 18.7 Å². The van der Waals surface area contributed by atoms with Crippen LogP contribution in [0.15, 0.2) is 43.0 Å². The SMILES string of the molecule is CC(Cc1ccccc1)OC[C@H]1O[C@@H](n2cnc3c(N)ncnc32)[C@H](O)[C@@H]1O. The predicted molar refractivity (Wildman–Crippen MR) is 101 cm³/mol. The van der Waals surface area contributed by atoms with Crippen molar-refractivity contribution in [2.75, 3.05) is 12.3 Å². The van der Waals surface area contributed by atoms with E-state index in [0.29, 0.717) is 11.2 Å². The van der Waals surface area contributed by atoms with Crippen LogP contribution in [0.4, 0.5) is 5.82 Å². The van der Waals surface area contributed by atoms with Crippen LogP contribution in [-0.4, -0.2) is 60.8 Å². The number of nitrogen functional groups attached to an aromatic ring is 1. The first-order chi connectivity index (χ1) is 13.5. The van der Waals surface area contributed by atoms with E-state index >= 15 is 0 Å². The van der Waals surface area contributed by atoms with Gasteiger partial charge in [0.1, 0.15) is 30.2 Å². The number of imidazole rings is 1. The molecule has 1 fully saturated rings. The van der Waals surface area contributed by atoms with Gasteiger partial charge in [-0.05, 0) is 18.9 Å². The average molecular weight is 385 g/mol. The Bertz CT molecular complexity index is 934. The quantitative estimate of drug-likeness (QED) is 0.565. The molecule has 3 heterocycles. The number of aromatic nitrogens is 4. The maximum atomic E-state index is 10.5. The Morgan fingerprint density at radius 1 is 1.18 bits per heavy atom. The van der Waals surface area contributed by atoms with Gasteiger partial charge in [-0.3, -0.25) is 4.57 Å². The summed E-state index contributed by atoms with van der Waals surface area (Å²) in [5.41, 5.74) is 7.82. The van der Waals surface area contributed by atoms with Crippen molar-refractivity contribution in [2.45, 2.75) is 44.0 Å². The monoisotopic (exact) mass is 385 g/mol. The molecule has 0 radical (unpaired) electrons. The lowest BCUT2D eigenvalue weighted by Gasteiger charge is -2.19. The normalized spacial score (nSPS) is 26.0. The second kappa shape index (κ2) is 7.80. The third-order valence-electron chi connectivity index (χ3n) is 4.91. The summed E-state index contributed by atoms with van der Waals surface area (Å²) in [5.74, 6) is 0.242. The molecule has 0 spiro atoms. The molecular formula is C19H23N5O4. The fourth-order valence-corrected chi connectivity index (χ4v) is 3.42. The summed E-state index contributed by atoms with van der Waals surface area (Å²) in [5, 5.41) is 20.9. The van der Waals surface area contributed by atoms with Crippen LogP contribution in [0, 0.1) is 0 Å². The molecule has 28 heavy (non-hydrogen) atoms. The van der Waals surface area contributed by atoms with Crippen LogP contribution in [0.2, 0.25) is 0 Å². The van der Waals surface area contributed by atoms with E-state index in [-0.39, 0.29) is 18.5 Å². The number of ether oxygens (including phenoxy) is 2. The van der Waals surface area contributed by atoms with Crippen molar-refractivity contribution in [1.29, 1.82) is 0 Å². The molecule has 1 unspecified atom stereocenters. The zero-order chi connectivity index (χ0) is 19.7. The van der Waals surface area contributed by atoms with Crippen LogP contribution in [0.5, 0.6) is 0 Å². The number of aliphatic hydroxyl groups excluding tert-OH is 2. The molecule has 9 nitrogen and oxygen atoms in total. The van der Waals surface area contributed by atoms with Crippen molar-refractivity contribution in [3.8, 4) is 0 Å². The summed E-state index contributed by atoms with van der Waals surface area (Å²) in [6.45, 7) is 2.12. The van der Waals surface area contributed by atoms with E-state index in [1.807, 2.05) is 37.3 Å². The minimum atomic E-state index is -1.15. The van der Waals surface area contributed by atoms with Crippen LogP contribution in [-0.2, 0) is 15.9 Å². The van der Waals surface area contributed by atoms with Crippen molar-refractivity contribution < 1.29 is 19.7 Å². The van der Waals surface area contributed by atoms with Crippen LogP contribution >= 0.6 is 0 Å². The molecule has 5 atom stereocenters. The van der Waals surface area contributed by atoms with E-state index < -0.39 is 24.5 Å². The van der Waals surface area contributed by atoms with Crippen LogP contribution < -0.4 is 5.73 Å². The van der Waals surface area contributed by atoms with Gasteiger partial charge in [-0.1, -0.05) is 30.3 Å². The van der Waals surface area contributed by atoms with Gasteiger partial charge in [0.15, 0.2) is 17.7 Å². The molecule has 1 aliphatic heterocycles. The molecule has 148 valence electrons. The predicted octanol–water partition coefficient (Wildman–Crippen LogP) is 0.675. The highest BCUT2D eigenvalue weighted by Gasteiger charge is 2.44. The van der Waals surface area contributed by atoms with Gasteiger partial charge in [0.05, 0.1) is 19.0 Å². The number of hydrogen-bond acceptors (Lipinski definition) is 8. The van der Waals surface area contributed by atoms with Crippen LogP contribution in [0.3, 0.4) is 0 Å². The Morgan fingerprint density at radius 2 is 1.96 bits per heavy atom. The summed E-state index contributed by atoms with van der Waals surface area (Å²) in [7, 11) is 0. The first-order valence-corrected chi connectivity index (χ1v) is 9.14. The maximum Gasteiger partial charge on any atom is 0.167 e. The number of hydrogen-bond donors (Lipinski definition) is 3. The van der Waals surface area contributed by atoms with Gasteiger partial charge in [-0.2, -0.15) is 0 Å². The standard InChI is InChI=1S/C19H23N5O4/c1-11(7-12-5-3-2-4-6-12)27-8-13-15(25)16(26)19(28-13)24-10-23-14-17(20)21-9-22-18(14)24/h2-6,9-11,13,15-16,19,25-26H,7-8H2,1H3,(H2,20,21,22)/t11?,13-,15-,16-,19-/m1/s1. The van der Waals surface area contributed by atoms with E-state index in [4.69, 9.17) is 15.2 Å². The molecule has 4 rings (SSSR count). The van der Waals surface area contributed by atoms with E-state index in [9.17, 15) is 10.2 Å². The Balaban J connectivity index is 1.42. The van der Waals surface area contributed by atoms with E-state index in [2.05, 4.69) is 15.0 Å². The summed E-state index contributed by atoms with van der Waals surface area (Å²) >= 11 is 0. The van der Waals surface area contributed by atoms with Gasteiger partial charge in [0.25, 0.3) is 0 Å². The highest BCUT2D eigenvalue weighted by Crippen LogP contribution is 2.32. The summed E-state index contributed by atoms with van der Waals surface area (Å²) in [6.07, 6.45) is -0.273. The second-order valence-corrected chi connectivity index (χ2v) is 6.96. The lowest BCUT2D eigenvalue weighted by Crippen LogP contribution is -2.34. The number of fused-ring (bicyclic) bond motifs is 1. The van der Waals surface area contributed by atoms with Gasteiger partial charge >= 0.3 is 0 Å². The minimum absolute atomic E-state index is 0.0593. The number of rotatable bonds is 6. The second-order valence-electron chi connectivity index (χ2n) is 6.96. The maximum absolute atomic E-state index is 10.5. The van der Waals surface area contributed by atoms with Crippen molar-refractivity contribution in [1.82, 2.24) is 19.5 Å².